The van der Waals surface area contributed by atoms with Crippen LogP contribution in [0.15, 0.2) is 41.1 Å². The van der Waals surface area contributed by atoms with Crippen molar-refractivity contribution in [2.24, 2.45) is 5.92 Å². The molecule has 2 saturated heterocycles. The van der Waals surface area contributed by atoms with Gasteiger partial charge in [-0.05, 0) is 24.1 Å². The van der Waals surface area contributed by atoms with E-state index in [2.05, 4.69) is 37.5 Å². The number of hydrogen-bond acceptors (Lipinski definition) is 3. The molecule has 4 atom stereocenters. The van der Waals surface area contributed by atoms with Gasteiger partial charge in [0, 0.05) is 30.0 Å². The van der Waals surface area contributed by atoms with Crippen LogP contribution in [0.3, 0.4) is 0 Å². The number of nitrogens with one attached hydrogen (secondary N) is 1. The number of quaternary nitrogens is 1. The minimum atomic E-state index is -0.0510. The van der Waals surface area contributed by atoms with Gasteiger partial charge in [-0.3, -0.25) is 4.79 Å². The van der Waals surface area contributed by atoms with Crippen LogP contribution in [0.1, 0.15) is 25.3 Å². The monoisotopic (exact) mass is 464 g/mol. The zero-order valence-electron chi connectivity index (χ0n) is 15.5. The molecule has 26 heavy (non-hydrogen) atoms. The van der Waals surface area contributed by atoms with Crippen LogP contribution >= 0.6 is 0 Å². The van der Waals surface area contributed by atoms with Crippen LogP contribution in [0.25, 0.3) is 0 Å². The summed E-state index contributed by atoms with van der Waals surface area (Å²) in [6.45, 7) is 4.34. The number of ether oxygens (including phenoxy) is 1. The van der Waals surface area contributed by atoms with Gasteiger partial charge in [0.25, 0.3) is 0 Å². The van der Waals surface area contributed by atoms with Crippen LogP contribution in [0, 0.1) is 5.92 Å². The molecule has 2 bridgehead atoms. The third-order valence-corrected chi connectivity index (χ3v) is 7.37. The van der Waals surface area contributed by atoms with E-state index in [1.165, 1.54) is 11.1 Å². The highest BCUT2D eigenvalue weighted by Gasteiger charge is 2.67. The van der Waals surface area contributed by atoms with E-state index in [-0.39, 0.29) is 35.3 Å². The van der Waals surface area contributed by atoms with Crippen LogP contribution in [0.2, 0.25) is 0 Å². The van der Waals surface area contributed by atoms with Gasteiger partial charge in [-0.2, -0.15) is 0 Å². The molecule has 1 aromatic rings. The van der Waals surface area contributed by atoms with Gasteiger partial charge < -0.3 is 38.5 Å². The van der Waals surface area contributed by atoms with Gasteiger partial charge in [-0.15, -0.1) is 0 Å². The minimum absolute atomic E-state index is 0. The Balaban J connectivity index is 0.00000168. The van der Waals surface area contributed by atoms with Crippen LogP contribution in [-0.2, 0) is 10.2 Å². The number of nitrogens with zero attached hydrogens (tertiary/aromatic N) is 1. The van der Waals surface area contributed by atoms with Gasteiger partial charge >= 0.3 is 0 Å². The maximum absolute atomic E-state index is 12.2. The first-order valence-electron chi connectivity index (χ1n) is 9.22. The summed E-state index contributed by atoms with van der Waals surface area (Å²) in [5, 5.41) is 3.65. The molecule has 4 unspecified atom stereocenters. The molecule has 0 amide bonds. The molecule has 4 nitrogen and oxygen atoms in total. The number of piperidine rings is 1. The normalized spacial score (nSPS) is 37.6. The number of rotatable bonds is 2. The average molecular weight is 464 g/mol. The molecule has 138 valence electrons. The van der Waals surface area contributed by atoms with E-state index in [9.17, 15) is 4.79 Å². The number of allylic oxidation sites excluding steroid dienone is 2. The van der Waals surface area contributed by atoms with E-state index in [0.29, 0.717) is 6.04 Å². The first-order chi connectivity index (χ1) is 12.1. The standard InChI is InChI=1S/C21H24N2O2.HI/c1-4-13-11-23(2)9-8-21-16-6-5-7-17(25-3)19(16)22-20(21)15(12-24)14(13)10-18(21)23;/h4-7,12,14,18H,8-11H2,1-3H3;1H. The summed E-state index contributed by atoms with van der Waals surface area (Å²) in [6.07, 6.45) is 5.52. The fourth-order valence-electron chi connectivity index (χ4n) is 6.28. The summed E-state index contributed by atoms with van der Waals surface area (Å²) < 4.78 is 6.71. The summed E-state index contributed by atoms with van der Waals surface area (Å²) >= 11 is 0. The number of fused-ring (bicyclic) bond motifs is 2. The summed E-state index contributed by atoms with van der Waals surface area (Å²) in [5.74, 6) is 1.15. The zero-order valence-corrected chi connectivity index (χ0v) is 17.7. The molecule has 1 spiro atoms. The fraction of sp³-hybridized carbons (Fsp3) is 0.476. The molecule has 5 rings (SSSR count). The number of carbonyl (C=O) groups is 1. The lowest BCUT2D eigenvalue weighted by Gasteiger charge is -2.51. The molecule has 4 aliphatic rings. The number of anilines is 1. The maximum Gasteiger partial charge on any atom is 0.148 e. The molecular formula is C21H25IN2O2. The van der Waals surface area contributed by atoms with E-state index in [1.807, 2.05) is 6.07 Å². The highest BCUT2D eigenvalue weighted by molar-refractivity contribution is 5.86. The van der Waals surface area contributed by atoms with Gasteiger partial charge in [0.05, 0.1) is 31.8 Å². The van der Waals surface area contributed by atoms with E-state index in [0.717, 1.165) is 59.4 Å². The molecule has 5 heteroatoms. The number of methoxy groups -OCH3 is 1. The Morgan fingerprint density at radius 2 is 2.19 bits per heavy atom. The van der Waals surface area contributed by atoms with Gasteiger partial charge in [0.2, 0.25) is 0 Å². The summed E-state index contributed by atoms with van der Waals surface area (Å²) in [6, 6.07) is 6.86. The highest BCUT2D eigenvalue weighted by Crippen LogP contribution is 2.63. The number of carbonyl (C=O) groups excluding carboxylic acids is 1. The molecule has 2 fully saturated rings. The SMILES string of the molecule is CC=C1C[N+]2(C)CCC34C(=C(C=O)C1CC32)Nc1c(OC)cccc14.[I-]. The molecule has 1 N–H and O–H groups in total. The molecule has 0 radical (unpaired) electrons. The van der Waals surface area contributed by atoms with Crippen molar-refractivity contribution in [3.05, 3.63) is 46.7 Å². The fourth-order valence-corrected chi connectivity index (χ4v) is 6.28. The van der Waals surface area contributed by atoms with Gasteiger partial charge in [0.15, 0.2) is 0 Å². The van der Waals surface area contributed by atoms with E-state index in [1.54, 1.807) is 7.11 Å². The van der Waals surface area contributed by atoms with Crippen molar-refractivity contribution in [3.8, 4) is 5.75 Å². The summed E-state index contributed by atoms with van der Waals surface area (Å²) in [5.41, 5.74) is 5.90. The average Bonchev–Trinajstić information content (AvgIpc) is 3.14. The van der Waals surface area contributed by atoms with Crippen LogP contribution in [0.4, 0.5) is 5.69 Å². The van der Waals surface area contributed by atoms with Crippen molar-refractivity contribution >= 4 is 12.0 Å². The van der Waals surface area contributed by atoms with Crippen molar-refractivity contribution in [1.29, 1.82) is 0 Å². The Labute approximate surface area is 171 Å². The van der Waals surface area contributed by atoms with Crippen LogP contribution in [-0.4, -0.2) is 44.1 Å². The number of likely N-dealkylation sites (N-methyl/N-ethyl adjacent to an activating group) is 1. The van der Waals surface area contributed by atoms with Crippen molar-refractivity contribution in [1.82, 2.24) is 0 Å². The number of hydrogen-bond donors (Lipinski definition) is 1. The number of halogens is 1. The van der Waals surface area contributed by atoms with Gasteiger partial charge in [-0.1, -0.05) is 18.2 Å². The number of para-hydroxylation sites is 1. The van der Waals surface area contributed by atoms with Crippen LogP contribution < -0.4 is 34.0 Å². The van der Waals surface area contributed by atoms with Gasteiger partial charge in [0.1, 0.15) is 24.6 Å². The number of benzene rings is 1. The Morgan fingerprint density at radius 3 is 2.88 bits per heavy atom. The Morgan fingerprint density at radius 1 is 1.38 bits per heavy atom. The lowest BCUT2D eigenvalue weighted by Crippen LogP contribution is -3.00. The summed E-state index contributed by atoms with van der Waals surface area (Å²) in [7, 11) is 4.12. The van der Waals surface area contributed by atoms with Crippen molar-refractivity contribution < 1.29 is 38.0 Å². The third-order valence-electron chi connectivity index (χ3n) is 7.37. The largest absolute Gasteiger partial charge is 1.00 e. The highest BCUT2D eigenvalue weighted by atomic mass is 127. The van der Waals surface area contributed by atoms with Crippen molar-refractivity contribution in [2.45, 2.75) is 31.2 Å². The lowest BCUT2D eigenvalue weighted by atomic mass is 9.61. The molecule has 0 saturated carbocycles. The van der Waals surface area contributed by atoms with Gasteiger partial charge in [-0.25, -0.2) is 0 Å². The second-order valence-electron chi connectivity index (χ2n) is 8.21. The lowest BCUT2D eigenvalue weighted by molar-refractivity contribution is -0.923. The first-order valence-corrected chi connectivity index (χ1v) is 9.22. The predicted octanol–water partition coefficient (Wildman–Crippen LogP) is 0.0142. The molecule has 3 heterocycles. The molecule has 3 aliphatic heterocycles. The maximum atomic E-state index is 12.2. The topological polar surface area (TPSA) is 38.3 Å². The van der Waals surface area contributed by atoms with Crippen molar-refractivity contribution in [2.75, 3.05) is 32.6 Å². The molecule has 0 aromatic heterocycles. The molecule has 1 aromatic carbocycles. The Bertz CT molecular complexity index is 862. The molecule has 1 aliphatic carbocycles. The zero-order chi connectivity index (χ0) is 17.4. The second kappa shape index (κ2) is 5.83. The summed E-state index contributed by atoms with van der Waals surface area (Å²) in [4.78, 5) is 12.2. The number of aldehydes is 1. The second-order valence-corrected chi connectivity index (χ2v) is 8.21. The Kier molecular flexibility index (Phi) is 4.04. The minimum Gasteiger partial charge on any atom is -1.00 e. The van der Waals surface area contributed by atoms with E-state index >= 15 is 0 Å². The van der Waals surface area contributed by atoms with E-state index in [4.69, 9.17) is 4.74 Å². The smallest absolute Gasteiger partial charge is 0.148 e. The predicted molar refractivity (Wildman–Crippen MR) is 97.6 cm³/mol. The quantitative estimate of drug-likeness (QED) is 0.290. The van der Waals surface area contributed by atoms with Crippen molar-refractivity contribution in [3.63, 3.8) is 0 Å². The van der Waals surface area contributed by atoms with E-state index < -0.39 is 0 Å². The molecular weight excluding hydrogens is 439 g/mol. The van der Waals surface area contributed by atoms with Crippen LogP contribution in [0.5, 0.6) is 5.75 Å². The third kappa shape index (κ3) is 1.91. The first kappa shape index (κ1) is 18.0. The Hall–Kier alpha value is -1.34.